The third-order valence-corrected chi connectivity index (χ3v) is 5.45. The van der Waals surface area contributed by atoms with Crippen LogP contribution in [0.3, 0.4) is 0 Å². The zero-order valence-corrected chi connectivity index (χ0v) is 17.2. The highest BCUT2D eigenvalue weighted by Crippen LogP contribution is 2.42. The van der Waals surface area contributed by atoms with E-state index in [1.807, 2.05) is 36.4 Å². The number of carbonyl (C=O) groups excluding carboxylic acids is 2. The molecule has 2 aromatic rings. The zero-order chi connectivity index (χ0) is 19.4. The monoisotopic (exact) mass is 448 g/mol. The number of Topliss-reactive ketones (excluding diaryl/α,β-unsaturated/α-hetero) is 1. The summed E-state index contributed by atoms with van der Waals surface area (Å²) in [6, 6.07) is 11.1. The summed E-state index contributed by atoms with van der Waals surface area (Å²) in [4.78, 5) is 25.7. The lowest BCUT2D eigenvalue weighted by atomic mass is 10.1. The molecule has 0 bridgehead atoms. The summed E-state index contributed by atoms with van der Waals surface area (Å²) in [6.45, 7) is 1.81. The Morgan fingerprint density at radius 2 is 2.04 bits per heavy atom. The number of thioether (sulfide) groups is 1. The molecule has 3 rings (SSSR count). The summed E-state index contributed by atoms with van der Waals surface area (Å²) < 4.78 is 16.4. The number of benzene rings is 2. The molecule has 0 atom stereocenters. The Morgan fingerprint density at radius 3 is 2.74 bits per heavy atom. The largest absolute Gasteiger partial charge is 0.493 e. The highest BCUT2D eigenvalue weighted by Gasteiger charge is 2.25. The minimum atomic E-state index is -0.455. The maximum absolute atomic E-state index is 12.5. The van der Waals surface area contributed by atoms with Gasteiger partial charge in [-0.15, -0.1) is 0 Å². The van der Waals surface area contributed by atoms with Crippen molar-refractivity contribution in [1.29, 1.82) is 0 Å². The summed E-state index contributed by atoms with van der Waals surface area (Å²) in [5, 5.41) is 0. The van der Waals surface area contributed by atoms with Gasteiger partial charge in [0.05, 0.1) is 23.1 Å². The van der Waals surface area contributed by atoms with Gasteiger partial charge in [-0.1, -0.05) is 23.9 Å². The number of hydrogen-bond acceptors (Lipinski definition) is 6. The average molecular weight is 449 g/mol. The first-order chi connectivity index (χ1) is 13.0. The predicted molar refractivity (Wildman–Crippen MR) is 107 cm³/mol. The zero-order valence-electron chi connectivity index (χ0n) is 14.8. The number of allylic oxidation sites excluding steroid dienone is 1. The second kappa shape index (κ2) is 8.63. The number of ketones is 1. The van der Waals surface area contributed by atoms with Crippen LogP contribution < -0.4 is 9.47 Å². The molecule has 1 aliphatic rings. The number of halogens is 1. The van der Waals surface area contributed by atoms with Crippen molar-refractivity contribution in [3.05, 3.63) is 56.9 Å². The number of methoxy groups -OCH3 is 1. The van der Waals surface area contributed by atoms with E-state index in [1.54, 1.807) is 13.0 Å². The molecule has 1 aliphatic heterocycles. The molecule has 1 heterocycles. The van der Waals surface area contributed by atoms with Crippen molar-refractivity contribution >= 4 is 45.5 Å². The Morgan fingerprint density at radius 1 is 1.26 bits per heavy atom. The molecule has 0 aromatic heterocycles. The Bertz CT molecular complexity index is 923. The van der Waals surface area contributed by atoms with E-state index in [4.69, 9.17) is 14.2 Å². The highest BCUT2D eigenvalue weighted by molar-refractivity contribution is 9.10. The number of esters is 1. The normalized spacial score (nSPS) is 14.2. The van der Waals surface area contributed by atoms with E-state index in [9.17, 15) is 9.59 Å². The van der Waals surface area contributed by atoms with Crippen LogP contribution in [0.25, 0.3) is 6.08 Å². The SMILES string of the molecule is CCOC(=O)COc1c(Br)cc(/C=C2/Sc3ccccc3C2=O)cc1OC. The Balaban J connectivity index is 1.85. The van der Waals surface area contributed by atoms with Crippen LogP contribution in [0.15, 0.2) is 50.7 Å². The van der Waals surface area contributed by atoms with Crippen molar-refractivity contribution in [1.82, 2.24) is 0 Å². The second-order valence-corrected chi connectivity index (χ2v) is 7.50. The quantitative estimate of drug-likeness (QED) is 0.470. The van der Waals surface area contributed by atoms with Crippen LogP contribution in [0.4, 0.5) is 0 Å². The smallest absolute Gasteiger partial charge is 0.344 e. The first kappa shape index (κ1) is 19.5. The van der Waals surface area contributed by atoms with Gasteiger partial charge in [0, 0.05) is 10.5 Å². The topological polar surface area (TPSA) is 61.8 Å². The van der Waals surface area contributed by atoms with E-state index in [0.29, 0.717) is 33.0 Å². The lowest BCUT2D eigenvalue weighted by Gasteiger charge is -2.13. The number of ether oxygens (including phenoxy) is 3. The molecule has 0 aliphatic carbocycles. The third-order valence-electron chi connectivity index (χ3n) is 3.76. The van der Waals surface area contributed by atoms with E-state index in [0.717, 1.165) is 10.5 Å². The Kier molecular flexibility index (Phi) is 6.23. The molecule has 27 heavy (non-hydrogen) atoms. The fourth-order valence-electron chi connectivity index (χ4n) is 2.58. The van der Waals surface area contributed by atoms with E-state index in [1.165, 1.54) is 18.9 Å². The van der Waals surface area contributed by atoms with E-state index >= 15 is 0 Å². The maximum atomic E-state index is 12.5. The average Bonchev–Trinajstić information content (AvgIpc) is 2.96. The van der Waals surface area contributed by atoms with Gasteiger partial charge in [0.2, 0.25) is 5.78 Å². The van der Waals surface area contributed by atoms with Crippen LogP contribution in [-0.4, -0.2) is 32.1 Å². The van der Waals surface area contributed by atoms with Gasteiger partial charge in [0.25, 0.3) is 0 Å². The lowest BCUT2D eigenvalue weighted by molar-refractivity contribution is -0.145. The molecule has 0 unspecified atom stereocenters. The standard InChI is InChI=1S/C20H17BrO5S/c1-3-25-18(22)11-26-20-14(21)8-12(9-15(20)24-2)10-17-19(23)13-6-4-5-7-16(13)27-17/h4-10H,3,11H2,1-2H3/b17-10+. The first-order valence-corrected chi connectivity index (χ1v) is 9.83. The Hall–Kier alpha value is -2.25. The van der Waals surface area contributed by atoms with Gasteiger partial charge < -0.3 is 14.2 Å². The molecule has 140 valence electrons. The third kappa shape index (κ3) is 4.36. The van der Waals surface area contributed by atoms with Crippen molar-refractivity contribution in [2.24, 2.45) is 0 Å². The lowest BCUT2D eigenvalue weighted by Crippen LogP contribution is -2.15. The van der Waals surface area contributed by atoms with Gasteiger partial charge in [-0.05, 0) is 58.8 Å². The molecule has 0 fully saturated rings. The molecule has 0 saturated heterocycles. The minimum absolute atomic E-state index is 0.00771. The highest BCUT2D eigenvalue weighted by atomic mass is 79.9. The van der Waals surface area contributed by atoms with E-state index < -0.39 is 5.97 Å². The van der Waals surface area contributed by atoms with Gasteiger partial charge in [-0.25, -0.2) is 4.79 Å². The van der Waals surface area contributed by atoms with Crippen molar-refractivity contribution in [3.8, 4) is 11.5 Å². The summed E-state index contributed by atoms with van der Waals surface area (Å²) in [7, 11) is 1.52. The number of rotatable bonds is 6. The van der Waals surface area contributed by atoms with E-state index in [2.05, 4.69) is 15.9 Å². The second-order valence-electron chi connectivity index (χ2n) is 5.56. The molecule has 0 amide bonds. The molecular formula is C20H17BrO5S. The molecule has 0 N–H and O–H groups in total. The Labute approximate surface area is 169 Å². The van der Waals surface area contributed by atoms with Gasteiger partial charge in [-0.2, -0.15) is 0 Å². The van der Waals surface area contributed by atoms with Gasteiger partial charge in [0.15, 0.2) is 18.1 Å². The van der Waals surface area contributed by atoms with Gasteiger partial charge in [-0.3, -0.25) is 4.79 Å². The van der Waals surface area contributed by atoms with E-state index in [-0.39, 0.29) is 12.4 Å². The fraction of sp³-hybridized carbons (Fsp3) is 0.200. The molecule has 0 spiro atoms. The van der Waals surface area contributed by atoms with Crippen LogP contribution >= 0.6 is 27.7 Å². The molecule has 7 heteroatoms. The van der Waals surface area contributed by atoms with Crippen LogP contribution in [0.5, 0.6) is 11.5 Å². The van der Waals surface area contributed by atoms with Crippen molar-refractivity contribution < 1.29 is 23.8 Å². The summed E-state index contributed by atoms with van der Waals surface area (Å²) >= 11 is 4.89. The summed E-state index contributed by atoms with van der Waals surface area (Å²) in [5.74, 6) is 0.409. The van der Waals surface area contributed by atoms with Crippen molar-refractivity contribution in [2.45, 2.75) is 11.8 Å². The fourth-order valence-corrected chi connectivity index (χ4v) is 4.21. The van der Waals surface area contributed by atoms with Crippen molar-refractivity contribution in [3.63, 3.8) is 0 Å². The maximum Gasteiger partial charge on any atom is 0.344 e. The van der Waals surface area contributed by atoms with Gasteiger partial charge >= 0.3 is 5.97 Å². The first-order valence-electron chi connectivity index (χ1n) is 8.22. The van der Waals surface area contributed by atoms with Crippen molar-refractivity contribution in [2.75, 3.05) is 20.3 Å². The number of carbonyl (C=O) groups is 2. The number of fused-ring (bicyclic) bond motifs is 1. The van der Waals surface area contributed by atoms with Crippen LogP contribution in [-0.2, 0) is 9.53 Å². The van der Waals surface area contributed by atoms with Crippen LogP contribution in [0, 0.1) is 0 Å². The number of hydrogen-bond donors (Lipinski definition) is 0. The molecule has 5 nitrogen and oxygen atoms in total. The molecule has 2 aromatic carbocycles. The molecule has 0 saturated carbocycles. The minimum Gasteiger partial charge on any atom is -0.493 e. The molecular weight excluding hydrogens is 432 g/mol. The van der Waals surface area contributed by atoms with Crippen LogP contribution in [0.2, 0.25) is 0 Å². The van der Waals surface area contributed by atoms with Crippen LogP contribution in [0.1, 0.15) is 22.8 Å². The summed E-state index contributed by atoms with van der Waals surface area (Å²) in [6.07, 6.45) is 1.81. The van der Waals surface area contributed by atoms with Gasteiger partial charge in [0.1, 0.15) is 0 Å². The predicted octanol–water partition coefficient (Wildman–Crippen LogP) is 4.73. The summed E-state index contributed by atoms with van der Waals surface area (Å²) in [5.41, 5.74) is 1.50. The molecule has 0 radical (unpaired) electrons.